The lowest BCUT2D eigenvalue weighted by Crippen LogP contribution is -2.23. The zero-order valence-corrected chi connectivity index (χ0v) is 9.50. The summed E-state index contributed by atoms with van der Waals surface area (Å²) < 4.78 is 0. The summed E-state index contributed by atoms with van der Waals surface area (Å²) in [5.41, 5.74) is 1.88. The Balaban J connectivity index is 2.16. The van der Waals surface area contributed by atoms with E-state index in [1.165, 1.54) is 0 Å². The Morgan fingerprint density at radius 2 is 1.88 bits per heavy atom. The smallest absolute Gasteiger partial charge is 0.240 e. The van der Waals surface area contributed by atoms with Crippen LogP contribution < -0.4 is 4.90 Å². The summed E-state index contributed by atoms with van der Waals surface area (Å²) in [7, 11) is 0. The molecule has 0 unspecified atom stereocenters. The van der Waals surface area contributed by atoms with Gasteiger partial charge in [0.1, 0.15) is 5.82 Å². The third-order valence-corrected chi connectivity index (χ3v) is 3.10. The summed E-state index contributed by atoms with van der Waals surface area (Å²) in [6.07, 6.45) is 1.72. The second-order valence-electron chi connectivity index (χ2n) is 4.15. The van der Waals surface area contributed by atoms with Crippen LogP contribution in [0.5, 0.6) is 0 Å². The number of nitrogens with zero attached hydrogens (tertiary/aromatic N) is 2. The van der Waals surface area contributed by atoms with Crippen LogP contribution in [0.25, 0.3) is 0 Å². The number of fused-ring (bicyclic) bond motifs is 1. The van der Waals surface area contributed by atoms with Crippen molar-refractivity contribution in [2.24, 2.45) is 0 Å². The Bertz CT molecular complexity index is 565. The highest BCUT2D eigenvalue weighted by Crippen LogP contribution is 2.39. The Kier molecular flexibility index (Phi) is 2.18. The second-order valence-corrected chi connectivity index (χ2v) is 4.15. The van der Waals surface area contributed by atoms with E-state index in [2.05, 4.69) is 4.98 Å². The molecule has 3 rings (SSSR count). The quantitative estimate of drug-likeness (QED) is 0.746. The molecule has 2 aromatic rings. The predicted molar refractivity (Wildman–Crippen MR) is 66.2 cm³/mol. The number of rotatable bonds is 1. The molecule has 3 nitrogen and oxygen atoms in total. The summed E-state index contributed by atoms with van der Waals surface area (Å²) in [6.45, 7) is 1.92. The number of amides is 1. The van der Waals surface area contributed by atoms with Gasteiger partial charge in [0, 0.05) is 11.8 Å². The molecule has 1 aliphatic heterocycles. The molecule has 0 bridgehead atoms. The maximum Gasteiger partial charge on any atom is 0.240 e. The van der Waals surface area contributed by atoms with Crippen LogP contribution in [-0.4, -0.2) is 10.9 Å². The molecule has 1 aromatic carbocycles. The fourth-order valence-electron chi connectivity index (χ4n) is 2.19. The van der Waals surface area contributed by atoms with Crippen LogP contribution in [0.2, 0.25) is 0 Å². The van der Waals surface area contributed by atoms with Gasteiger partial charge in [-0.3, -0.25) is 9.69 Å². The van der Waals surface area contributed by atoms with E-state index in [0.29, 0.717) is 0 Å². The number of anilines is 2. The van der Waals surface area contributed by atoms with E-state index in [4.69, 9.17) is 0 Å². The summed E-state index contributed by atoms with van der Waals surface area (Å²) in [6, 6.07) is 13.5. The molecule has 2 heterocycles. The van der Waals surface area contributed by atoms with E-state index >= 15 is 0 Å². The molecule has 17 heavy (non-hydrogen) atoms. The Hall–Kier alpha value is -2.16. The normalized spacial score (nSPS) is 18.3. The summed E-state index contributed by atoms with van der Waals surface area (Å²) >= 11 is 0. The average molecular weight is 224 g/mol. The lowest BCUT2D eigenvalue weighted by Gasteiger charge is -2.16. The number of aromatic nitrogens is 1. The molecule has 0 N–H and O–H groups in total. The minimum atomic E-state index is -0.112. The van der Waals surface area contributed by atoms with Crippen LogP contribution in [-0.2, 0) is 4.79 Å². The third kappa shape index (κ3) is 1.43. The maximum atomic E-state index is 12.2. The molecule has 3 heteroatoms. The Morgan fingerprint density at radius 3 is 2.65 bits per heavy atom. The number of para-hydroxylation sites is 1. The Morgan fingerprint density at radius 1 is 1.12 bits per heavy atom. The first kappa shape index (κ1) is 10.0. The van der Waals surface area contributed by atoms with Crippen molar-refractivity contribution in [3.63, 3.8) is 0 Å². The van der Waals surface area contributed by atoms with Crippen molar-refractivity contribution >= 4 is 17.4 Å². The molecular formula is C14H12N2O. The molecule has 0 fully saturated rings. The van der Waals surface area contributed by atoms with Gasteiger partial charge in [-0.2, -0.15) is 0 Å². The van der Waals surface area contributed by atoms with Gasteiger partial charge in [-0.05, 0) is 25.1 Å². The van der Waals surface area contributed by atoms with Crippen molar-refractivity contribution in [3.8, 4) is 0 Å². The first-order chi connectivity index (χ1) is 8.29. The van der Waals surface area contributed by atoms with Crippen LogP contribution in [0.3, 0.4) is 0 Å². The number of pyridine rings is 1. The highest BCUT2D eigenvalue weighted by Gasteiger charge is 2.35. The zero-order chi connectivity index (χ0) is 11.8. The molecule has 1 aromatic heterocycles. The maximum absolute atomic E-state index is 12.2. The van der Waals surface area contributed by atoms with Crippen LogP contribution in [0.1, 0.15) is 18.4 Å². The van der Waals surface area contributed by atoms with Gasteiger partial charge >= 0.3 is 0 Å². The lowest BCUT2D eigenvalue weighted by molar-refractivity contribution is -0.118. The fraction of sp³-hybridized carbons (Fsp3) is 0.143. The first-order valence-corrected chi connectivity index (χ1v) is 5.63. The van der Waals surface area contributed by atoms with E-state index in [-0.39, 0.29) is 11.8 Å². The van der Waals surface area contributed by atoms with Crippen LogP contribution in [0.15, 0.2) is 48.7 Å². The molecule has 1 atom stereocenters. The number of benzene rings is 1. The lowest BCUT2D eigenvalue weighted by atomic mass is 10.1. The van der Waals surface area contributed by atoms with E-state index in [9.17, 15) is 4.79 Å². The summed E-state index contributed by atoms with van der Waals surface area (Å²) in [4.78, 5) is 18.3. The molecule has 1 aliphatic rings. The van der Waals surface area contributed by atoms with E-state index in [0.717, 1.165) is 17.1 Å². The minimum absolute atomic E-state index is 0.0879. The molecular weight excluding hydrogens is 212 g/mol. The molecule has 0 radical (unpaired) electrons. The SMILES string of the molecule is C[C@H]1C(=O)N(c2ccccc2)c2ncccc21. The largest absolute Gasteiger partial charge is 0.273 e. The van der Waals surface area contributed by atoms with Gasteiger partial charge in [-0.1, -0.05) is 24.3 Å². The van der Waals surface area contributed by atoms with Crippen LogP contribution >= 0.6 is 0 Å². The van der Waals surface area contributed by atoms with Gasteiger partial charge in [-0.25, -0.2) is 4.98 Å². The van der Waals surface area contributed by atoms with E-state index < -0.39 is 0 Å². The van der Waals surface area contributed by atoms with Crippen molar-refractivity contribution in [2.45, 2.75) is 12.8 Å². The van der Waals surface area contributed by atoms with Crippen molar-refractivity contribution in [1.82, 2.24) is 4.98 Å². The van der Waals surface area contributed by atoms with Crippen molar-refractivity contribution in [3.05, 3.63) is 54.2 Å². The predicted octanol–water partition coefficient (Wildman–Crippen LogP) is 2.86. The minimum Gasteiger partial charge on any atom is -0.273 e. The monoisotopic (exact) mass is 224 g/mol. The van der Waals surface area contributed by atoms with Gasteiger partial charge in [0.2, 0.25) is 5.91 Å². The molecule has 84 valence electrons. The second kappa shape index (κ2) is 3.70. The fourth-order valence-corrected chi connectivity index (χ4v) is 2.19. The van der Waals surface area contributed by atoms with Gasteiger partial charge in [0.15, 0.2) is 0 Å². The standard InChI is InChI=1S/C14H12N2O/c1-10-12-8-5-9-15-13(12)16(14(10)17)11-6-3-2-4-7-11/h2-10H,1H3/t10-/m1/s1. The highest BCUT2D eigenvalue weighted by molar-refractivity contribution is 6.08. The number of carbonyl (C=O) groups excluding carboxylic acids is 1. The summed E-state index contributed by atoms with van der Waals surface area (Å²) in [5, 5.41) is 0. The van der Waals surface area contributed by atoms with E-state index in [1.807, 2.05) is 49.4 Å². The number of hydrogen-bond acceptors (Lipinski definition) is 2. The number of hydrogen-bond donors (Lipinski definition) is 0. The van der Waals surface area contributed by atoms with Gasteiger partial charge in [0.05, 0.1) is 11.6 Å². The van der Waals surface area contributed by atoms with Gasteiger partial charge < -0.3 is 0 Å². The Labute approximate surface area is 99.7 Å². The molecule has 0 saturated heterocycles. The van der Waals surface area contributed by atoms with Crippen molar-refractivity contribution < 1.29 is 4.79 Å². The van der Waals surface area contributed by atoms with Crippen molar-refractivity contribution in [1.29, 1.82) is 0 Å². The van der Waals surface area contributed by atoms with Gasteiger partial charge in [0.25, 0.3) is 0 Å². The molecule has 1 amide bonds. The zero-order valence-electron chi connectivity index (χ0n) is 9.50. The van der Waals surface area contributed by atoms with Crippen LogP contribution in [0.4, 0.5) is 11.5 Å². The first-order valence-electron chi connectivity index (χ1n) is 5.63. The highest BCUT2D eigenvalue weighted by atomic mass is 16.2. The molecule has 0 aliphatic carbocycles. The van der Waals surface area contributed by atoms with Crippen molar-refractivity contribution in [2.75, 3.05) is 4.90 Å². The summed E-state index contributed by atoms with van der Waals surface area (Å²) in [5.74, 6) is 0.736. The van der Waals surface area contributed by atoms with E-state index in [1.54, 1.807) is 11.1 Å². The van der Waals surface area contributed by atoms with Gasteiger partial charge in [-0.15, -0.1) is 0 Å². The van der Waals surface area contributed by atoms with Crippen LogP contribution in [0, 0.1) is 0 Å². The molecule has 0 spiro atoms. The average Bonchev–Trinajstić information content (AvgIpc) is 2.64. The topological polar surface area (TPSA) is 33.2 Å². The third-order valence-electron chi connectivity index (χ3n) is 3.10. The molecule has 0 saturated carbocycles. The number of carbonyl (C=O) groups is 1.